The molecule has 0 radical (unpaired) electrons. The Morgan fingerprint density at radius 3 is 2.94 bits per heavy atom. The molecule has 0 atom stereocenters. The molecule has 0 N–H and O–H groups in total. The van der Waals surface area contributed by atoms with Crippen LogP contribution in [0.25, 0.3) is 16.9 Å². The number of fused-ring (bicyclic) bond motifs is 1. The number of hydrogen-bond donors (Lipinski definition) is 0. The number of nitrogens with zero attached hydrogens (tertiary/aromatic N) is 5. The zero-order chi connectivity index (χ0) is 12.5. The molecule has 0 bridgehead atoms. The van der Waals surface area contributed by atoms with E-state index in [-0.39, 0.29) is 0 Å². The average molecular weight is 256 g/mol. The van der Waals surface area contributed by atoms with Gasteiger partial charge >= 0.3 is 0 Å². The lowest BCUT2D eigenvalue weighted by atomic mass is 10.2. The van der Waals surface area contributed by atoms with Crippen molar-refractivity contribution >= 4 is 22.6 Å². The molecule has 0 saturated heterocycles. The first-order chi connectivity index (χ1) is 8.78. The molecule has 0 amide bonds. The topological polar surface area (TPSA) is 67.4 Å². The molecule has 3 rings (SSSR count). The van der Waals surface area contributed by atoms with E-state index >= 15 is 0 Å². The molecule has 2 heterocycles. The summed E-state index contributed by atoms with van der Waals surface area (Å²) in [5.74, 6) is 0.570. The van der Waals surface area contributed by atoms with Gasteiger partial charge in [0.25, 0.3) is 0 Å². The highest BCUT2D eigenvalue weighted by atomic mass is 35.5. The number of hydrogen-bond acceptors (Lipinski definition) is 4. The Morgan fingerprint density at radius 1 is 1.28 bits per heavy atom. The molecule has 18 heavy (non-hydrogen) atoms. The van der Waals surface area contributed by atoms with Crippen molar-refractivity contribution < 1.29 is 0 Å². The van der Waals surface area contributed by atoms with Crippen LogP contribution in [0, 0.1) is 11.3 Å². The molecule has 0 aliphatic carbocycles. The van der Waals surface area contributed by atoms with E-state index in [1.165, 1.54) is 6.20 Å². The van der Waals surface area contributed by atoms with Crippen molar-refractivity contribution in [1.29, 1.82) is 5.26 Å². The van der Waals surface area contributed by atoms with Crippen molar-refractivity contribution in [3.63, 3.8) is 0 Å². The maximum absolute atomic E-state index is 8.91. The lowest BCUT2D eigenvalue weighted by Gasteiger charge is -2.02. The Hall–Kier alpha value is -2.45. The highest BCUT2D eigenvalue weighted by Crippen LogP contribution is 2.18. The monoisotopic (exact) mass is 255 g/mol. The first-order valence-corrected chi connectivity index (χ1v) is 5.51. The second kappa shape index (κ2) is 4.09. The lowest BCUT2D eigenvalue weighted by Crippen LogP contribution is -1.97. The van der Waals surface area contributed by atoms with Gasteiger partial charge in [-0.1, -0.05) is 11.6 Å². The summed E-state index contributed by atoms with van der Waals surface area (Å²) in [7, 11) is 0. The standard InChI is InChI=1S/C12H6ClN5/c13-11-5-15-6-12(17-11)18-7-16-9-2-1-8(4-14)3-10(9)18/h1-3,5-7H. The number of halogens is 1. The molecule has 5 nitrogen and oxygen atoms in total. The molecular weight excluding hydrogens is 250 g/mol. The number of rotatable bonds is 1. The van der Waals surface area contributed by atoms with Gasteiger partial charge in [0, 0.05) is 0 Å². The Kier molecular flexibility index (Phi) is 2.43. The predicted molar refractivity (Wildman–Crippen MR) is 66.4 cm³/mol. The molecule has 3 aromatic rings. The summed E-state index contributed by atoms with van der Waals surface area (Å²) >= 11 is 5.81. The third kappa shape index (κ3) is 1.69. The molecule has 0 aliphatic heterocycles. The average Bonchev–Trinajstić information content (AvgIpc) is 2.81. The van der Waals surface area contributed by atoms with E-state index in [9.17, 15) is 0 Å². The maximum atomic E-state index is 8.91. The van der Waals surface area contributed by atoms with Crippen LogP contribution in [0.4, 0.5) is 0 Å². The van der Waals surface area contributed by atoms with E-state index in [4.69, 9.17) is 16.9 Å². The molecule has 1 aromatic carbocycles. The fourth-order valence-electron chi connectivity index (χ4n) is 1.71. The molecule has 0 unspecified atom stereocenters. The largest absolute Gasteiger partial charge is 0.282 e. The van der Waals surface area contributed by atoms with Crippen LogP contribution < -0.4 is 0 Å². The van der Waals surface area contributed by atoms with Crippen molar-refractivity contribution in [3.8, 4) is 11.9 Å². The normalized spacial score (nSPS) is 10.4. The maximum Gasteiger partial charge on any atom is 0.158 e. The Bertz CT molecular complexity index is 771. The van der Waals surface area contributed by atoms with Crippen molar-refractivity contribution in [1.82, 2.24) is 19.5 Å². The minimum Gasteiger partial charge on any atom is -0.282 e. The summed E-state index contributed by atoms with van der Waals surface area (Å²) in [6, 6.07) is 7.37. The summed E-state index contributed by atoms with van der Waals surface area (Å²) in [5, 5.41) is 9.22. The predicted octanol–water partition coefficient (Wildman–Crippen LogP) is 2.34. The van der Waals surface area contributed by atoms with E-state index in [0.717, 1.165) is 11.0 Å². The highest BCUT2D eigenvalue weighted by molar-refractivity contribution is 6.29. The van der Waals surface area contributed by atoms with Crippen LogP contribution in [0.15, 0.2) is 36.9 Å². The fourth-order valence-corrected chi connectivity index (χ4v) is 1.85. The van der Waals surface area contributed by atoms with E-state index in [1.807, 2.05) is 0 Å². The van der Waals surface area contributed by atoms with Gasteiger partial charge in [-0.05, 0) is 18.2 Å². The second-order valence-corrected chi connectivity index (χ2v) is 4.02. The summed E-state index contributed by atoms with van der Waals surface area (Å²) in [6.45, 7) is 0. The molecule has 6 heteroatoms. The van der Waals surface area contributed by atoms with Crippen LogP contribution in [-0.2, 0) is 0 Å². The van der Waals surface area contributed by atoms with Crippen molar-refractivity contribution in [3.05, 3.63) is 47.6 Å². The number of aromatic nitrogens is 4. The lowest BCUT2D eigenvalue weighted by molar-refractivity contribution is 0.996. The third-order valence-corrected chi connectivity index (χ3v) is 2.70. The van der Waals surface area contributed by atoms with Crippen LogP contribution >= 0.6 is 11.6 Å². The highest BCUT2D eigenvalue weighted by Gasteiger charge is 2.07. The number of imidazole rings is 1. The van der Waals surface area contributed by atoms with Crippen molar-refractivity contribution in [2.24, 2.45) is 0 Å². The van der Waals surface area contributed by atoms with Gasteiger partial charge in [-0.15, -0.1) is 0 Å². The van der Waals surface area contributed by atoms with Gasteiger partial charge in [0.05, 0.1) is 35.1 Å². The summed E-state index contributed by atoms with van der Waals surface area (Å²) < 4.78 is 1.75. The smallest absolute Gasteiger partial charge is 0.158 e. The molecule has 0 fully saturated rings. The SMILES string of the molecule is N#Cc1ccc2ncn(-c3cncc(Cl)n3)c2c1. The van der Waals surface area contributed by atoms with Gasteiger partial charge in [-0.2, -0.15) is 5.26 Å². The molecular formula is C12H6ClN5. The van der Waals surface area contributed by atoms with Gasteiger partial charge in [0.2, 0.25) is 0 Å². The van der Waals surface area contributed by atoms with Gasteiger partial charge in [0.15, 0.2) is 5.82 Å². The first kappa shape index (κ1) is 10.7. The van der Waals surface area contributed by atoms with Crippen LogP contribution in [0.2, 0.25) is 5.15 Å². The summed E-state index contributed by atoms with van der Waals surface area (Å²) in [6.07, 6.45) is 4.68. The molecule has 2 aromatic heterocycles. The van der Waals surface area contributed by atoms with E-state index in [0.29, 0.717) is 16.5 Å². The van der Waals surface area contributed by atoms with Crippen LogP contribution in [-0.4, -0.2) is 19.5 Å². The molecule has 86 valence electrons. The van der Waals surface area contributed by atoms with Crippen LogP contribution in [0.3, 0.4) is 0 Å². The van der Waals surface area contributed by atoms with E-state index < -0.39 is 0 Å². The second-order valence-electron chi connectivity index (χ2n) is 3.63. The first-order valence-electron chi connectivity index (χ1n) is 5.13. The van der Waals surface area contributed by atoms with Crippen LogP contribution in [0.1, 0.15) is 5.56 Å². The van der Waals surface area contributed by atoms with Gasteiger partial charge in [-0.3, -0.25) is 9.55 Å². The number of benzene rings is 1. The van der Waals surface area contributed by atoms with Crippen LogP contribution in [0.5, 0.6) is 0 Å². The van der Waals surface area contributed by atoms with Crippen molar-refractivity contribution in [2.75, 3.05) is 0 Å². The Morgan fingerprint density at radius 2 is 2.17 bits per heavy atom. The Balaban J connectivity index is 2.27. The quantitative estimate of drug-likeness (QED) is 0.669. The summed E-state index contributed by atoms with van der Waals surface area (Å²) in [5.41, 5.74) is 2.15. The minimum atomic E-state index is 0.311. The summed E-state index contributed by atoms with van der Waals surface area (Å²) in [4.78, 5) is 12.4. The van der Waals surface area contributed by atoms with Gasteiger partial charge < -0.3 is 0 Å². The zero-order valence-corrected chi connectivity index (χ0v) is 9.83. The van der Waals surface area contributed by atoms with Gasteiger partial charge in [-0.25, -0.2) is 9.97 Å². The van der Waals surface area contributed by atoms with E-state index in [2.05, 4.69) is 21.0 Å². The molecule has 0 saturated carbocycles. The van der Waals surface area contributed by atoms with Gasteiger partial charge in [0.1, 0.15) is 11.5 Å². The third-order valence-electron chi connectivity index (χ3n) is 2.52. The zero-order valence-electron chi connectivity index (χ0n) is 9.08. The fraction of sp³-hybridized carbons (Fsp3) is 0. The number of nitriles is 1. The molecule has 0 aliphatic rings. The van der Waals surface area contributed by atoms with Crippen molar-refractivity contribution in [2.45, 2.75) is 0 Å². The minimum absolute atomic E-state index is 0.311. The molecule has 0 spiro atoms. The van der Waals surface area contributed by atoms with E-state index in [1.54, 1.807) is 35.3 Å². The Labute approximate surface area is 107 Å².